The highest BCUT2D eigenvalue weighted by Gasteiger charge is 2.38. The third-order valence-electron chi connectivity index (χ3n) is 5.96. The minimum absolute atomic E-state index is 0.0500. The van der Waals surface area contributed by atoms with Gasteiger partial charge in [-0.2, -0.15) is 0 Å². The van der Waals surface area contributed by atoms with Crippen LogP contribution in [0.25, 0.3) is 0 Å². The Hall–Kier alpha value is -2.48. The van der Waals surface area contributed by atoms with Crippen LogP contribution in [0.15, 0.2) is 36.4 Å². The Bertz CT molecular complexity index is 1030. The van der Waals surface area contributed by atoms with E-state index >= 15 is 0 Å². The van der Waals surface area contributed by atoms with Crippen LogP contribution in [0, 0.1) is 11.7 Å². The maximum Gasteiger partial charge on any atom is 0.262 e. The molecule has 9 heteroatoms. The van der Waals surface area contributed by atoms with E-state index in [9.17, 15) is 18.8 Å². The van der Waals surface area contributed by atoms with Crippen LogP contribution in [0.2, 0.25) is 10.0 Å². The zero-order chi connectivity index (χ0) is 22.8. The number of benzene rings is 2. The maximum atomic E-state index is 13.7. The summed E-state index contributed by atoms with van der Waals surface area (Å²) in [7, 11) is 0. The lowest BCUT2D eigenvalue weighted by Gasteiger charge is -2.33. The van der Waals surface area contributed by atoms with Crippen LogP contribution in [0.1, 0.15) is 39.1 Å². The van der Waals surface area contributed by atoms with Gasteiger partial charge < -0.3 is 5.32 Å². The molecule has 3 amide bonds. The van der Waals surface area contributed by atoms with E-state index in [0.29, 0.717) is 44.5 Å². The lowest BCUT2D eigenvalue weighted by atomic mass is 9.96. The highest BCUT2D eigenvalue weighted by molar-refractivity contribution is 6.43. The Kier molecular flexibility index (Phi) is 6.79. The quantitative estimate of drug-likeness (QED) is 0.643. The number of amides is 3. The Morgan fingerprint density at radius 2 is 1.62 bits per heavy atom. The molecule has 2 aromatic rings. The molecule has 6 nitrogen and oxygen atoms in total. The van der Waals surface area contributed by atoms with Crippen LogP contribution in [-0.4, -0.2) is 53.8 Å². The SMILES string of the molecule is O=C(NCCc1ccccc1F)C1CCN(CN2C(=O)c3cc(Cl)c(Cl)cc3C2=O)CC1. The average Bonchev–Trinajstić information content (AvgIpc) is 3.00. The molecule has 4 rings (SSSR count). The van der Waals surface area contributed by atoms with Gasteiger partial charge in [0, 0.05) is 25.6 Å². The molecule has 2 aliphatic rings. The van der Waals surface area contributed by atoms with Crippen LogP contribution >= 0.6 is 23.2 Å². The predicted octanol–water partition coefficient (Wildman–Crippen LogP) is 3.76. The van der Waals surface area contributed by atoms with Crippen molar-refractivity contribution in [2.75, 3.05) is 26.3 Å². The summed E-state index contributed by atoms with van der Waals surface area (Å²) >= 11 is 12.0. The van der Waals surface area contributed by atoms with Crippen molar-refractivity contribution < 1.29 is 18.8 Å². The topological polar surface area (TPSA) is 69.7 Å². The van der Waals surface area contributed by atoms with E-state index in [1.807, 2.05) is 4.90 Å². The lowest BCUT2D eigenvalue weighted by molar-refractivity contribution is -0.126. The van der Waals surface area contributed by atoms with Crippen molar-refractivity contribution in [3.05, 3.63) is 69.0 Å². The highest BCUT2D eigenvalue weighted by Crippen LogP contribution is 2.32. The van der Waals surface area contributed by atoms with Crippen LogP contribution in [0.4, 0.5) is 4.39 Å². The van der Waals surface area contributed by atoms with Crippen LogP contribution in [0.5, 0.6) is 0 Å². The fourth-order valence-electron chi connectivity index (χ4n) is 4.11. The van der Waals surface area contributed by atoms with Gasteiger partial charge in [-0.25, -0.2) is 4.39 Å². The number of imide groups is 1. The molecule has 0 spiro atoms. The number of rotatable bonds is 6. The first-order valence-corrected chi connectivity index (χ1v) is 11.2. The van der Waals surface area contributed by atoms with E-state index in [1.54, 1.807) is 18.2 Å². The summed E-state index contributed by atoms with van der Waals surface area (Å²) in [6.45, 7) is 1.70. The number of hydrogen-bond acceptors (Lipinski definition) is 4. The van der Waals surface area contributed by atoms with E-state index in [-0.39, 0.29) is 45.5 Å². The Morgan fingerprint density at radius 3 is 2.22 bits per heavy atom. The van der Waals surface area contributed by atoms with Crippen molar-refractivity contribution in [2.45, 2.75) is 19.3 Å². The first-order chi connectivity index (χ1) is 15.3. The Labute approximate surface area is 195 Å². The largest absolute Gasteiger partial charge is 0.356 e. The highest BCUT2D eigenvalue weighted by atomic mass is 35.5. The van der Waals surface area contributed by atoms with Gasteiger partial charge >= 0.3 is 0 Å². The van der Waals surface area contributed by atoms with Gasteiger partial charge in [0.1, 0.15) is 5.82 Å². The minimum Gasteiger partial charge on any atom is -0.356 e. The summed E-state index contributed by atoms with van der Waals surface area (Å²) in [6.07, 6.45) is 1.67. The molecule has 32 heavy (non-hydrogen) atoms. The zero-order valence-corrected chi connectivity index (χ0v) is 18.8. The average molecular weight is 478 g/mol. The number of halogens is 3. The molecule has 168 valence electrons. The van der Waals surface area contributed by atoms with Crippen LogP contribution in [0.3, 0.4) is 0 Å². The third kappa shape index (κ3) is 4.65. The summed E-state index contributed by atoms with van der Waals surface area (Å²) in [5.74, 6) is -1.25. The number of carbonyl (C=O) groups is 3. The van der Waals surface area contributed by atoms with Gasteiger partial charge in [0.05, 0.1) is 27.8 Å². The summed E-state index contributed by atoms with van der Waals surface area (Å²) in [4.78, 5) is 41.0. The molecule has 1 saturated heterocycles. The van der Waals surface area contributed by atoms with Gasteiger partial charge in [0.2, 0.25) is 5.91 Å². The van der Waals surface area contributed by atoms with E-state index in [0.717, 1.165) is 0 Å². The summed E-state index contributed by atoms with van der Waals surface area (Å²) in [5, 5.41) is 3.35. The van der Waals surface area contributed by atoms with Gasteiger partial charge in [-0.05, 0) is 43.0 Å². The monoisotopic (exact) mass is 477 g/mol. The standard InChI is InChI=1S/C23H22Cl2FN3O3/c24-18-11-16-17(12-19(18)25)23(32)29(22(16)31)13-28-9-6-15(7-10-28)21(30)27-8-5-14-3-1-2-4-20(14)26/h1-4,11-12,15H,5-10,13H2,(H,27,30). The van der Waals surface area contributed by atoms with Crippen molar-refractivity contribution in [1.29, 1.82) is 0 Å². The molecule has 2 aromatic carbocycles. The maximum absolute atomic E-state index is 13.7. The molecule has 2 aliphatic heterocycles. The zero-order valence-electron chi connectivity index (χ0n) is 17.2. The molecule has 1 N–H and O–H groups in total. The second-order valence-corrected chi connectivity index (χ2v) is 8.83. The van der Waals surface area contributed by atoms with Crippen molar-refractivity contribution in [2.24, 2.45) is 5.92 Å². The normalized spacial score (nSPS) is 17.0. The van der Waals surface area contributed by atoms with Gasteiger partial charge in [-0.3, -0.25) is 24.2 Å². The molecular weight excluding hydrogens is 456 g/mol. The summed E-state index contributed by atoms with van der Waals surface area (Å²) < 4.78 is 13.7. The van der Waals surface area contributed by atoms with Crippen molar-refractivity contribution in [1.82, 2.24) is 15.1 Å². The Balaban J connectivity index is 1.26. The van der Waals surface area contributed by atoms with Gasteiger partial charge in [0.15, 0.2) is 0 Å². The van der Waals surface area contributed by atoms with Gasteiger partial charge in [-0.15, -0.1) is 0 Å². The number of nitrogens with zero attached hydrogens (tertiary/aromatic N) is 2. The molecule has 0 radical (unpaired) electrons. The molecule has 0 aliphatic carbocycles. The third-order valence-corrected chi connectivity index (χ3v) is 6.68. The van der Waals surface area contributed by atoms with E-state index < -0.39 is 11.8 Å². The summed E-state index contributed by atoms with van der Waals surface area (Å²) in [5.41, 5.74) is 1.09. The number of hydrogen-bond donors (Lipinski definition) is 1. The minimum atomic E-state index is -0.392. The molecule has 0 aromatic heterocycles. The number of likely N-dealkylation sites (tertiary alicyclic amines) is 1. The number of carbonyl (C=O) groups excluding carboxylic acids is 3. The smallest absolute Gasteiger partial charge is 0.262 e. The molecule has 0 unspecified atom stereocenters. The summed E-state index contributed by atoms with van der Waals surface area (Å²) in [6, 6.07) is 9.38. The molecule has 0 saturated carbocycles. The van der Waals surface area contributed by atoms with Gasteiger partial charge in [0.25, 0.3) is 11.8 Å². The Morgan fingerprint density at radius 1 is 1.03 bits per heavy atom. The van der Waals surface area contributed by atoms with Crippen LogP contribution in [-0.2, 0) is 11.2 Å². The van der Waals surface area contributed by atoms with E-state index in [2.05, 4.69) is 5.32 Å². The lowest BCUT2D eigenvalue weighted by Crippen LogP contribution is -2.46. The van der Waals surface area contributed by atoms with Crippen molar-refractivity contribution in [3.8, 4) is 0 Å². The van der Waals surface area contributed by atoms with Crippen molar-refractivity contribution >= 4 is 40.9 Å². The molecule has 0 atom stereocenters. The second-order valence-electron chi connectivity index (χ2n) is 8.02. The number of nitrogens with one attached hydrogen (secondary N) is 1. The predicted molar refractivity (Wildman–Crippen MR) is 119 cm³/mol. The van der Waals surface area contributed by atoms with Crippen LogP contribution < -0.4 is 5.32 Å². The van der Waals surface area contributed by atoms with Crippen molar-refractivity contribution in [3.63, 3.8) is 0 Å². The molecule has 1 fully saturated rings. The molecular formula is C23H22Cl2FN3O3. The fraction of sp³-hybridized carbons (Fsp3) is 0.348. The fourth-order valence-corrected chi connectivity index (χ4v) is 4.44. The first-order valence-electron chi connectivity index (χ1n) is 10.4. The molecule has 0 bridgehead atoms. The first kappa shape index (κ1) is 22.7. The van der Waals surface area contributed by atoms with E-state index in [1.165, 1.54) is 23.1 Å². The second kappa shape index (κ2) is 9.57. The molecule has 2 heterocycles. The van der Waals surface area contributed by atoms with E-state index in [4.69, 9.17) is 23.2 Å². The van der Waals surface area contributed by atoms with Gasteiger partial charge in [-0.1, -0.05) is 41.4 Å². The number of piperidine rings is 1. The number of fused-ring (bicyclic) bond motifs is 1.